The fourth-order valence-corrected chi connectivity index (χ4v) is 3.05. The van der Waals surface area contributed by atoms with Crippen LogP contribution in [0.25, 0.3) is 0 Å². The van der Waals surface area contributed by atoms with Crippen LogP contribution < -0.4 is 10.2 Å². The van der Waals surface area contributed by atoms with E-state index in [1.165, 1.54) is 6.42 Å². The topological polar surface area (TPSA) is 85.8 Å². The SMILES string of the molecule is CCC(=O)N1CCN(c2cc(C(=O)O)cc(NC3CCC3)n2)CC1. The fraction of sp³-hybridized carbons (Fsp3) is 0.588. The van der Waals surface area contributed by atoms with Gasteiger partial charge in [-0.25, -0.2) is 9.78 Å². The Hall–Kier alpha value is -2.31. The van der Waals surface area contributed by atoms with Gasteiger partial charge >= 0.3 is 5.97 Å². The molecule has 0 atom stereocenters. The minimum absolute atomic E-state index is 0.161. The molecule has 3 rings (SSSR count). The van der Waals surface area contributed by atoms with Gasteiger partial charge in [-0.05, 0) is 31.4 Å². The third kappa shape index (κ3) is 3.60. The highest BCUT2D eigenvalue weighted by Crippen LogP contribution is 2.25. The number of anilines is 2. The number of aromatic carboxylic acids is 1. The van der Waals surface area contributed by atoms with Gasteiger partial charge in [-0.2, -0.15) is 0 Å². The summed E-state index contributed by atoms with van der Waals surface area (Å²) >= 11 is 0. The van der Waals surface area contributed by atoms with Crippen molar-refractivity contribution in [3.63, 3.8) is 0 Å². The van der Waals surface area contributed by atoms with Crippen LogP contribution in [0.15, 0.2) is 12.1 Å². The first-order valence-corrected chi connectivity index (χ1v) is 8.61. The Morgan fingerprint density at radius 3 is 2.50 bits per heavy atom. The van der Waals surface area contributed by atoms with Crippen LogP contribution >= 0.6 is 0 Å². The molecule has 1 saturated heterocycles. The largest absolute Gasteiger partial charge is 0.478 e. The van der Waals surface area contributed by atoms with E-state index in [1.807, 2.05) is 11.8 Å². The molecule has 0 bridgehead atoms. The van der Waals surface area contributed by atoms with Crippen molar-refractivity contribution in [2.24, 2.45) is 0 Å². The number of carbonyl (C=O) groups is 2. The van der Waals surface area contributed by atoms with Crippen LogP contribution in [0.2, 0.25) is 0 Å². The van der Waals surface area contributed by atoms with E-state index >= 15 is 0 Å². The summed E-state index contributed by atoms with van der Waals surface area (Å²) in [6, 6.07) is 3.61. The van der Waals surface area contributed by atoms with Gasteiger partial charge < -0.3 is 20.2 Å². The number of carbonyl (C=O) groups excluding carboxylic acids is 1. The first kappa shape index (κ1) is 16.5. The maximum Gasteiger partial charge on any atom is 0.335 e. The quantitative estimate of drug-likeness (QED) is 0.855. The van der Waals surface area contributed by atoms with Gasteiger partial charge in [0.1, 0.15) is 11.6 Å². The molecule has 7 heteroatoms. The lowest BCUT2D eigenvalue weighted by Gasteiger charge is -2.35. The van der Waals surface area contributed by atoms with Crippen molar-refractivity contribution in [1.29, 1.82) is 0 Å². The highest BCUT2D eigenvalue weighted by atomic mass is 16.4. The average Bonchev–Trinajstić information content (AvgIpc) is 2.57. The summed E-state index contributed by atoms with van der Waals surface area (Å²) in [5.74, 6) is 0.506. The van der Waals surface area contributed by atoms with E-state index in [9.17, 15) is 14.7 Å². The lowest BCUT2D eigenvalue weighted by Crippen LogP contribution is -2.49. The van der Waals surface area contributed by atoms with E-state index in [0.717, 1.165) is 12.8 Å². The number of amides is 1. The van der Waals surface area contributed by atoms with Crippen molar-refractivity contribution >= 4 is 23.5 Å². The van der Waals surface area contributed by atoms with Gasteiger partial charge in [-0.3, -0.25) is 4.79 Å². The van der Waals surface area contributed by atoms with E-state index in [1.54, 1.807) is 12.1 Å². The van der Waals surface area contributed by atoms with Gasteiger partial charge in [0.2, 0.25) is 5.91 Å². The molecular weight excluding hydrogens is 308 g/mol. The van der Waals surface area contributed by atoms with Crippen molar-refractivity contribution in [3.05, 3.63) is 17.7 Å². The third-order valence-electron chi connectivity index (χ3n) is 4.77. The van der Waals surface area contributed by atoms with Crippen LogP contribution in [-0.4, -0.2) is 59.1 Å². The minimum Gasteiger partial charge on any atom is -0.478 e. The smallest absolute Gasteiger partial charge is 0.335 e. The van der Waals surface area contributed by atoms with E-state index in [-0.39, 0.29) is 11.5 Å². The molecule has 2 N–H and O–H groups in total. The van der Waals surface area contributed by atoms with Crippen LogP contribution in [0.1, 0.15) is 43.0 Å². The number of piperazine rings is 1. The Bertz CT molecular complexity index is 622. The second-order valence-corrected chi connectivity index (χ2v) is 6.40. The highest BCUT2D eigenvalue weighted by molar-refractivity contribution is 5.89. The number of hydrogen-bond donors (Lipinski definition) is 2. The number of pyridine rings is 1. The molecule has 2 heterocycles. The molecule has 7 nitrogen and oxygen atoms in total. The maximum atomic E-state index is 11.8. The normalized spacial score (nSPS) is 18.2. The van der Waals surface area contributed by atoms with Crippen molar-refractivity contribution in [2.45, 2.75) is 38.6 Å². The fourth-order valence-electron chi connectivity index (χ4n) is 3.05. The Morgan fingerprint density at radius 1 is 1.25 bits per heavy atom. The summed E-state index contributed by atoms with van der Waals surface area (Å²) < 4.78 is 0. The zero-order valence-corrected chi connectivity index (χ0v) is 14.0. The monoisotopic (exact) mass is 332 g/mol. The molecule has 2 aliphatic rings. The summed E-state index contributed by atoms with van der Waals surface area (Å²) in [4.78, 5) is 31.7. The lowest BCUT2D eigenvalue weighted by atomic mass is 9.93. The summed E-state index contributed by atoms with van der Waals surface area (Å²) in [7, 11) is 0. The Kier molecular flexibility index (Phi) is 4.87. The van der Waals surface area contributed by atoms with Crippen LogP contribution in [-0.2, 0) is 4.79 Å². The predicted octanol–water partition coefficient (Wildman–Crippen LogP) is 1.80. The van der Waals surface area contributed by atoms with E-state index in [2.05, 4.69) is 15.2 Å². The zero-order chi connectivity index (χ0) is 17.1. The molecule has 24 heavy (non-hydrogen) atoms. The molecule has 0 spiro atoms. The number of rotatable bonds is 5. The number of nitrogens with one attached hydrogen (secondary N) is 1. The van der Waals surface area contributed by atoms with Gasteiger partial charge in [-0.1, -0.05) is 6.92 Å². The molecule has 1 aromatic heterocycles. The number of carboxylic acid groups (broad SMARTS) is 1. The van der Waals surface area contributed by atoms with Crippen LogP contribution in [0.4, 0.5) is 11.6 Å². The molecule has 1 aliphatic carbocycles. The molecule has 1 amide bonds. The molecule has 2 fully saturated rings. The first-order valence-electron chi connectivity index (χ1n) is 8.61. The lowest BCUT2D eigenvalue weighted by molar-refractivity contribution is -0.131. The summed E-state index contributed by atoms with van der Waals surface area (Å²) in [6.07, 6.45) is 3.93. The minimum atomic E-state index is -0.949. The Balaban J connectivity index is 1.74. The Morgan fingerprint density at radius 2 is 1.96 bits per heavy atom. The molecule has 0 radical (unpaired) electrons. The van der Waals surface area contributed by atoms with Gasteiger partial charge in [0, 0.05) is 38.6 Å². The second-order valence-electron chi connectivity index (χ2n) is 6.40. The molecule has 0 aromatic carbocycles. The summed E-state index contributed by atoms with van der Waals surface area (Å²) in [5.41, 5.74) is 0.244. The highest BCUT2D eigenvalue weighted by Gasteiger charge is 2.23. The standard InChI is InChI=1S/C17H24N4O3/c1-2-16(22)21-8-6-20(7-9-21)15-11-12(17(23)24)10-14(19-15)18-13-4-3-5-13/h10-11,13H,2-9H2,1H3,(H,18,19)(H,23,24). The summed E-state index contributed by atoms with van der Waals surface area (Å²) in [6.45, 7) is 4.51. The molecule has 1 aliphatic heterocycles. The molecule has 1 saturated carbocycles. The van der Waals surface area contributed by atoms with Gasteiger partial charge in [-0.15, -0.1) is 0 Å². The van der Waals surface area contributed by atoms with Crippen molar-refractivity contribution < 1.29 is 14.7 Å². The van der Waals surface area contributed by atoms with Crippen LogP contribution in [0.3, 0.4) is 0 Å². The number of nitrogens with zero attached hydrogens (tertiary/aromatic N) is 3. The van der Waals surface area contributed by atoms with Gasteiger partial charge in [0.05, 0.1) is 5.56 Å². The number of aromatic nitrogens is 1. The van der Waals surface area contributed by atoms with Crippen LogP contribution in [0.5, 0.6) is 0 Å². The van der Waals surface area contributed by atoms with E-state index < -0.39 is 5.97 Å². The van der Waals surface area contributed by atoms with Gasteiger partial charge in [0.15, 0.2) is 0 Å². The first-order chi connectivity index (χ1) is 11.6. The molecule has 0 unspecified atom stereocenters. The van der Waals surface area contributed by atoms with E-state index in [4.69, 9.17) is 0 Å². The van der Waals surface area contributed by atoms with Crippen molar-refractivity contribution in [1.82, 2.24) is 9.88 Å². The molecule has 1 aromatic rings. The van der Waals surface area contributed by atoms with Gasteiger partial charge in [0.25, 0.3) is 0 Å². The number of hydrogen-bond acceptors (Lipinski definition) is 5. The van der Waals surface area contributed by atoms with Crippen LogP contribution in [0, 0.1) is 0 Å². The third-order valence-corrected chi connectivity index (χ3v) is 4.77. The zero-order valence-electron chi connectivity index (χ0n) is 14.0. The predicted molar refractivity (Wildman–Crippen MR) is 91.5 cm³/mol. The Labute approximate surface area is 141 Å². The average molecular weight is 332 g/mol. The van der Waals surface area contributed by atoms with Crippen molar-refractivity contribution in [2.75, 3.05) is 36.4 Å². The maximum absolute atomic E-state index is 11.8. The van der Waals surface area contributed by atoms with Crippen molar-refractivity contribution in [3.8, 4) is 0 Å². The molecule has 130 valence electrons. The second kappa shape index (κ2) is 7.07. The number of carboxylic acids is 1. The summed E-state index contributed by atoms with van der Waals surface area (Å²) in [5, 5.41) is 12.7. The molecular formula is C17H24N4O3. The van der Waals surface area contributed by atoms with E-state index in [0.29, 0.717) is 50.3 Å².